The monoisotopic (exact) mass is 392 g/mol. The van der Waals surface area contributed by atoms with E-state index in [-0.39, 0.29) is 12.1 Å². The summed E-state index contributed by atoms with van der Waals surface area (Å²) in [5.74, 6) is -0.936. The summed E-state index contributed by atoms with van der Waals surface area (Å²) in [5.41, 5.74) is 0.543. The Morgan fingerprint density at radius 1 is 1.60 bits per heavy atom. The lowest BCUT2D eigenvalue weighted by atomic mass is 10.1. The summed E-state index contributed by atoms with van der Waals surface area (Å²) in [4.78, 5) is 23.2. The van der Waals surface area contributed by atoms with Crippen LogP contribution in [0.1, 0.15) is 6.42 Å². The maximum atomic E-state index is 11.1. The first-order valence-corrected chi connectivity index (χ1v) is 7.07. The van der Waals surface area contributed by atoms with Gasteiger partial charge in [0.15, 0.2) is 0 Å². The van der Waals surface area contributed by atoms with E-state index in [2.05, 4.69) is 0 Å². The predicted octanol–water partition coefficient (Wildman–Crippen LogP) is 1.88. The van der Waals surface area contributed by atoms with E-state index in [0.717, 1.165) is 3.57 Å². The van der Waals surface area contributed by atoms with Gasteiger partial charge in [0, 0.05) is 22.7 Å². The number of carboxylic acids is 1. The summed E-state index contributed by atoms with van der Waals surface area (Å²) in [6, 6.07) is 5.01. The number of anilines is 1. The van der Waals surface area contributed by atoms with Gasteiger partial charge in [-0.1, -0.05) is 0 Å². The first kappa shape index (κ1) is 15.0. The topological polar surface area (TPSA) is 92.9 Å². The highest BCUT2D eigenvalue weighted by molar-refractivity contribution is 14.1. The molecule has 1 N–H and O–H groups in total. The van der Waals surface area contributed by atoms with Crippen molar-refractivity contribution in [3.05, 3.63) is 31.9 Å². The molecule has 1 aromatic carbocycles. The molecule has 0 spiro atoms. The van der Waals surface area contributed by atoms with Crippen molar-refractivity contribution in [2.75, 3.05) is 24.6 Å². The van der Waals surface area contributed by atoms with E-state index in [1.165, 1.54) is 6.07 Å². The van der Waals surface area contributed by atoms with Crippen LogP contribution >= 0.6 is 22.6 Å². The highest BCUT2D eigenvalue weighted by Crippen LogP contribution is 2.31. The van der Waals surface area contributed by atoms with Crippen molar-refractivity contribution < 1.29 is 19.6 Å². The van der Waals surface area contributed by atoms with Gasteiger partial charge in [0.05, 0.1) is 24.1 Å². The van der Waals surface area contributed by atoms with Crippen molar-refractivity contribution in [1.82, 2.24) is 0 Å². The van der Waals surface area contributed by atoms with E-state index in [4.69, 9.17) is 9.84 Å². The second kappa shape index (κ2) is 6.35. The Hall–Kier alpha value is -1.42. The Bertz CT molecular complexity index is 537. The molecule has 7 nitrogen and oxygen atoms in total. The van der Waals surface area contributed by atoms with Gasteiger partial charge in [0.25, 0.3) is 5.69 Å². The minimum absolute atomic E-state index is 0.0351. The summed E-state index contributed by atoms with van der Waals surface area (Å²) in [5, 5.41) is 19.9. The van der Waals surface area contributed by atoms with Gasteiger partial charge in [-0.25, -0.2) is 0 Å². The summed E-state index contributed by atoms with van der Waals surface area (Å²) in [6.45, 7) is 1.21. The number of rotatable bonds is 4. The maximum absolute atomic E-state index is 11.1. The lowest BCUT2D eigenvalue weighted by Crippen LogP contribution is -2.43. The number of nitrogens with zero attached hydrogens (tertiary/aromatic N) is 2. The SMILES string of the molecule is O=C(O)CC1CN(c2ccc(I)cc2[N+](=O)[O-])CCO1. The largest absolute Gasteiger partial charge is 0.481 e. The molecular formula is C12H13IN2O5. The second-order valence-electron chi connectivity index (χ2n) is 4.43. The fourth-order valence-electron chi connectivity index (χ4n) is 2.17. The van der Waals surface area contributed by atoms with Crippen molar-refractivity contribution in [1.29, 1.82) is 0 Å². The van der Waals surface area contributed by atoms with E-state index in [1.54, 1.807) is 12.1 Å². The van der Waals surface area contributed by atoms with Crippen molar-refractivity contribution in [3.8, 4) is 0 Å². The number of carboxylic acid groups (broad SMARTS) is 1. The minimum Gasteiger partial charge on any atom is -0.481 e. The fraction of sp³-hybridized carbons (Fsp3) is 0.417. The summed E-state index contributed by atoms with van der Waals surface area (Å²) in [7, 11) is 0. The molecule has 2 rings (SSSR count). The van der Waals surface area contributed by atoms with E-state index in [9.17, 15) is 14.9 Å². The van der Waals surface area contributed by atoms with E-state index >= 15 is 0 Å². The maximum Gasteiger partial charge on any atom is 0.306 e. The molecule has 108 valence electrons. The predicted molar refractivity (Wildman–Crippen MR) is 80.0 cm³/mol. The van der Waals surface area contributed by atoms with E-state index in [0.29, 0.717) is 25.4 Å². The number of morpholine rings is 1. The number of carbonyl (C=O) groups is 1. The average Bonchev–Trinajstić information content (AvgIpc) is 2.38. The molecule has 0 bridgehead atoms. The Balaban J connectivity index is 2.22. The third-order valence-electron chi connectivity index (χ3n) is 3.02. The number of aliphatic carboxylic acids is 1. The highest BCUT2D eigenvalue weighted by atomic mass is 127. The van der Waals surface area contributed by atoms with Gasteiger partial charge >= 0.3 is 5.97 Å². The number of halogens is 1. The lowest BCUT2D eigenvalue weighted by Gasteiger charge is -2.33. The van der Waals surface area contributed by atoms with Gasteiger partial charge in [-0.05, 0) is 34.7 Å². The second-order valence-corrected chi connectivity index (χ2v) is 5.67. The zero-order valence-electron chi connectivity index (χ0n) is 10.5. The molecule has 1 aromatic rings. The van der Waals surface area contributed by atoms with Crippen LogP contribution in [-0.2, 0) is 9.53 Å². The summed E-state index contributed by atoms with van der Waals surface area (Å²) >= 11 is 2.02. The van der Waals surface area contributed by atoms with Crippen molar-refractivity contribution in [2.24, 2.45) is 0 Å². The van der Waals surface area contributed by atoms with Gasteiger partial charge in [0.2, 0.25) is 0 Å². The molecule has 1 unspecified atom stereocenters. The normalized spacial score (nSPS) is 18.9. The Kier molecular flexibility index (Phi) is 4.76. The zero-order valence-corrected chi connectivity index (χ0v) is 12.6. The van der Waals surface area contributed by atoms with Crippen LogP contribution in [0.15, 0.2) is 18.2 Å². The Morgan fingerprint density at radius 2 is 2.35 bits per heavy atom. The molecular weight excluding hydrogens is 379 g/mol. The van der Waals surface area contributed by atoms with E-state index < -0.39 is 17.0 Å². The average molecular weight is 392 g/mol. The van der Waals surface area contributed by atoms with Crippen LogP contribution in [0.3, 0.4) is 0 Å². The molecule has 0 aliphatic carbocycles. The van der Waals surface area contributed by atoms with Crippen LogP contribution in [0.25, 0.3) is 0 Å². The van der Waals surface area contributed by atoms with Crippen LogP contribution in [-0.4, -0.2) is 41.8 Å². The molecule has 1 heterocycles. The minimum atomic E-state index is -0.936. The molecule has 0 saturated carbocycles. The van der Waals surface area contributed by atoms with Crippen LogP contribution in [0, 0.1) is 13.7 Å². The Morgan fingerprint density at radius 3 is 3.00 bits per heavy atom. The first-order valence-electron chi connectivity index (χ1n) is 5.99. The number of hydrogen-bond donors (Lipinski definition) is 1. The number of benzene rings is 1. The molecule has 1 aliphatic heterocycles. The van der Waals surface area contributed by atoms with Gasteiger partial charge < -0.3 is 14.7 Å². The molecule has 0 amide bonds. The van der Waals surface area contributed by atoms with Crippen LogP contribution < -0.4 is 4.90 Å². The third kappa shape index (κ3) is 3.57. The van der Waals surface area contributed by atoms with Crippen molar-refractivity contribution >= 4 is 39.9 Å². The number of ether oxygens (including phenoxy) is 1. The molecule has 1 fully saturated rings. The van der Waals surface area contributed by atoms with Gasteiger partial charge in [-0.15, -0.1) is 0 Å². The number of nitro groups is 1. The quantitative estimate of drug-likeness (QED) is 0.478. The van der Waals surface area contributed by atoms with Crippen molar-refractivity contribution in [2.45, 2.75) is 12.5 Å². The molecule has 0 radical (unpaired) electrons. The van der Waals surface area contributed by atoms with Gasteiger partial charge in [-0.3, -0.25) is 14.9 Å². The standard InChI is InChI=1S/C12H13IN2O5/c13-8-1-2-10(11(5-8)15(18)19)14-3-4-20-9(7-14)6-12(16)17/h1-2,5,9H,3-4,6-7H2,(H,16,17). The number of hydrogen-bond acceptors (Lipinski definition) is 5. The van der Waals surface area contributed by atoms with Gasteiger partial charge in [0.1, 0.15) is 5.69 Å². The van der Waals surface area contributed by atoms with Crippen LogP contribution in [0.4, 0.5) is 11.4 Å². The first-order chi connectivity index (χ1) is 9.47. The third-order valence-corrected chi connectivity index (χ3v) is 3.69. The van der Waals surface area contributed by atoms with Crippen LogP contribution in [0.2, 0.25) is 0 Å². The van der Waals surface area contributed by atoms with E-state index in [1.807, 2.05) is 27.5 Å². The Labute approximate surface area is 128 Å². The molecule has 1 aliphatic rings. The molecule has 1 saturated heterocycles. The van der Waals surface area contributed by atoms with Crippen LogP contribution in [0.5, 0.6) is 0 Å². The smallest absolute Gasteiger partial charge is 0.306 e. The van der Waals surface area contributed by atoms with Crippen molar-refractivity contribution in [3.63, 3.8) is 0 Å². The molecule has 1 atom stereocenters. The lowest BCUT2D eigenvalue weighted by molar-refractivity contribution is -0.384. The zero-order chi connectivity index (χ0) is 14.7. The highest BCUT2D eigenvalue weighted by Gasteiger charge is 2.27. The molecule has 20 heavy (non-hydrogen) atoms. The molecule has 8 heteroatoms. The van der Waals surface area contributed by atoms with Gasteiger partial charge in [-0.2, -0.15) is 0 Å². The molecule has 0 aromatic heterocycles. The number of nitro benzene ring substituents is 1. The summed E-state index contributed by atoms with van der Waals surface area (Å²) < 4.78 is 6.16. The summed E-state index contributed by atoms with van der Waals surface area (Å²) in [6.07, 6.45) is -0.547. The fourth-order valence-corrected chi connectivity index (χ4v) is 2.64.